The lowest BCUT2D eigenvalue weighted by molar-refractivity contribution is -0.0985. The molecule has 0 bridgehead atoms. The van der Waals surface area contributed by atoms with Gasteiger partial charge in [0.05, 0.1) is 19.3 Å². The maximum absolute atomic E-state index is 6.01. The van der Waals surface area contributed by atoms with E-state index in [1.807, 2.05) is 25.2 Å². The van der Waals surface area contributed by atoms with Crippen molar-refractivity contribution in [2.45, 2.75) is 44.5 Å². The van der Waals surface area contributed by atoms with Crippen LogP contribution in [0.1, 0.15) is 38.7 Å². The number of nitrogens with zero attached hydrogens (tertiary/aromatic N) is 2. The fourth-order valence-electron chi connectivity index (χ4n) is 5.79. The molecule has 5 rings (SSSR count). The van der Waals surface area contributed by atoms with Crippen LogP contribution in [-0.4, -0.2) is 62.3 Å². The number of anilines is 2. The molecule has 3 heterocycles. The number of halogens is 1. The maximum Gasteiger partial charge on any atom is 0.0627 e. The van der Waals surface area contributed by atoms with Gasteiger partial charge in [0, 0.05) is 71.8 Å². The normalized spacial score (nSPS) is 24.3. The van der Waals surface area contributed by atoms with Crippen LogP contribution in [0.2, 0.25) is 0 Å². The Bertz CT molecular complexity index is 1130. The monoisotopic (exact) mass is 534 g/mol. The molecule has 1 aromatic rings. The molecule has 1 saturated carbocycles. The largest absolute Gasteiger partial charge is 0.380 e. The van der Waals surface area contributed by atoms with E-state index in [1.54, 1.807) is 0 Å². The Kier molecular flexibility index (Phi) is 8.37. The predicted octanol–water partition coefficient (Wildman–Crippen LogP) is 6.18. The summed E-state index contributed by atoms with van der Waals surface area (Å²) in [5.41, 5.74) is 7.48. The molecular weight excluding hydrogens is 492 g/mol. The Morgan fingerprint density at radius 2 is 2.03 bits per heavy atom. The second-order valence-electron chi connectivity index (χ2n) is 11.5. The number of rotatable bonds is 10. The van der Waals surface area contributed by atoms with Crippen molar-refractivity contribution in [3.05, 3.63) is 78.6 Å². The first-order chi connectivity index (χ1) is 18.3. The first kappa shape index (κ1) is 27.1. The Hall–Kier alpha value is -2.47. The zero-order valence-corrected chi connectivity index (χ0v) is 23.8. The second kappa shape index (κ2) is 11.7. The number of piperazine rings is 1. The van der Waals surface area contributed by atoms with Gasteiger partial charge < -0.3 is 25.2 Å². The van der Waals surface area contributed by atoms with E-state index in [2.05, 4.69) is 70.9 Å². The van der Waals surface area contributed by atoms with Crippen LogP contribution in [0.25, 0.3) is 5.70 Å². The molecule has 2 unspecified atom stereocenters. The molecule has 1 aliphatic carbocycles. The van der Waals surface area contributed by atoms with E-state index in [-0.39, 0.29) is 11.4 Å². The summed E-state index contributed by atoms with van der Waals surface area (Å²) < 4.78 is 5.62. The Labute approximate surface area is 233 Å². The lowest BCUT2D eigenvalue weighted by atomic mass is 9.85. The van der Waals surface area contributed by atoms with Crippen molar-refractivity contribution in [2.24, 2.45) is 11.3 Å². The van der Waals surface area contributed by atoms with Gasteiger partial charge in [-0.2, -0.15) is 0 Å². The Balaban J connectivity index is 1.39. The fraction of sp³-hybridized carbons (Fsp3) is 0.500. The van der Waals surface area contributed by atoms with Gasteiger partial charge >= 0.3 is 0 Å². The standard InChI is InChI=1S/C32H43ClN4O/c1-23(8-6-5-7-9-24(2)33)31-19-34-15-17-37(31)26(4)29-13-12-28(35-25(3)27-10-11-27)18-30(29)36-16-14-32(20-36)21-38-22-32/h5-9,12-13,18,24,27,31,34-35H,3-4,10-11,14-17,19-22H2,1-2H3/b6-5-,9-7-,23-8+. The molecule has 0 amide bonds. The Morgan fingerprint density at radius 3 is 2.71 bits per heavy atom. The van der Waals surface area contributed by atoms with Crippen LogP contribution in [0, 0.1) is 11.3 Å². The summed E-state index contributed by atoms with van der Waals surface area (Å²) >= 11 is 6.01. The number of nitrogens with one attached hydrogen (secondary N) is 2. The lowest BCUT2D eigenvalue weighted by Crippen LogP contribution is -2.50. The van der Waals surface area contributed by atoms with E-state index in [4.69, 9.17) is 16.3 Å². The van der Waals surface area contributed by atoms with E-state index < -0.39 is 0 Å². The average molecular weight is 535 g/mol. The van der Waals surface area contributed by atoms with E-state index in [9.17, 15) is 0 Å². The van der Waals surface area contributed by atoms with Gasteiger partial charge in [0.15, 0.2) is 0 Å². The van der Waals surface area contributed by atoms with Crippen molar-refractivity contribution in [3.63, 3.8) is 0 Å². The molecule has 0 aromatic heterocycles. The third-order valence-corrected chi connectivity index (χ3v) is 8.50. The van der Waals surface area contributed by atoms with Crippen molar-refractivity contribution in [1.29, 1.82) is 0 Å². The van der Waals surface area contributed by atoms with Crippen LogP contribution in [0.15, 0.2) is 73.0 Å². The summed E-state index contributed by atoms with van der Waals surface area (Å²) in [4.78, 5) is 5.04. The zero-order chi connectivity index (χ0) is 26.7. The summed E-state index contributed by atoms with van der Waals surface area (Å²) in [6, 6.07) is 7.03. The molecule has 4 fully saturated rings. The molecule has 2 N–H and O–H groups in total. The number of benzene rings is 1. The van der Waals surface area contributed by atoms with Crippen molar-refractivity contribution in [3.8, 4) is 0 Å². The lowest BCUT2D eigenvalue weighted by Gasteiger charge is -2.41. The molecule has 4 aliphatic rings. The summed E-state index contributed by atoms with van der Waals surface area (Å²) in [7, 11) is 0. The Morgan fingerprint density at radius 1 is 1.21 bits per heavy atom. The van der Waals surface area contributed by atoms with Crippen LogP contribution < -0.4 is 15.5 Å². The molecule has 0 radical (unpaired) electrons. The fourth-order valence-corrected chi connectivity index (χ4v) is 5.87. The number of hydrogen-bond acceptors (Lipinski definition) is 5. The van der Waals surface area contributed by atoms with Gasteiger partial charge in [0.1, 0.15) is 0 Å². The van der Waals surface area contributed by atoms with Gasteiger partial charge in [-0.1, -0.05) is 43.5 Å². The first-order valence-corrected chi connectivity index (χ1v) is 14.5. The highest BCUT2D eigenvalue weighted by molar-refractivity contribution is 6.21. The molecule has 5 nitrogen and oxygen atoms in total. The van der Waals surface area contributed by atoms with E-state index in [0.717, 1.165) is 63.0 Å². The minimum Gasteiger partial charge on any atom is -0.380 e. The van der Waals surface area contributed by atoms with E-state index >= 15 is 0 Å². The van der Waals surface area contributed by atoms with Crippen LogP contribution in [0.3, 0.4) is 0 Å². The SMILES string of the molecule is C=C(Nc1ccc(C(=C)N2CCNCC2/C(C)=C/C=C\C=C/C(C)Cl)c(N2CCC3(COC3)C2)c1)C1CC1. The highest BCUT2D eigenvalue weighted by Gasteiger charge is 2.45. The summed E-state index contributed by atoms with van der Waals surface area (Å²) in [6.45, 7) is 19.8. The number of hydrogen-bond donors (Lipinski definition) is 2. The van der Waals surface area contributed by atoms with Crippen LogP contribution in [0.5, 0.6) is 0 Å². The molecule has 1 aromatic carbocycles. The van der Waals surface area contributed by atoms with Crippen molar-refractivity contribution in [2.75, 3.05) is 56.2 Å². The molecular formula is C32H43ClN4O. The molecule has 1 spiro atoms. The van der Waals surface area contributed by atoms with E-state index in [1.165, 1.54) is 36.1 Å². The summed E-state index contributed by atoms with van der Waals surface area (Å²) in [5, 5.41) is 7.23. The molecule has 6 heteroatoms. The highest BCUT2D eigenvalue weighted by atomic mass is 35.5. The number of alkyl halides is 1. The maximum atomic E-state index is 6.01. The predicted molar refractivity (Wildman–Crippen MR) is 162 cm³/mol. The van der Waals surface area contributed by atoms with Gasteiger partial charge in [-0.3, -0.25) is 0 Å². The van der Waals surface area contributed by atoms with Gasteiger partial charge in [-0.05, 0) is 62.8 Å². The van der Waals surface area contributed by atoms with Crippen LogP contribution in [0.4, 0.5) is 11.4 Å². The van der Waals surface area contributed by atoms with E-state index in [0.29, 0.717) is 11.3 Å². The van der Waals surface area contributed by atoms with Gasteiger partial charge in [-0.15, -0.1) is 11.6 Å². The zero-order valence-electron chi connectivity index (χ0n) is 23.0. The molecule has 3 saturated heterocycles. The van der Waals surface area contributed by atoms with Crippen LogP contribution >= 0.6 is 11.6 Å². The van der Waals surface area contributed by atoms with Gasteiger partial charge in [0.25, 0.3) is 0 Å². The molecule has 2 atom stereocenters. The van der Waals surface area contributed by atoms with Crippen molar-refractivity contribution >= 4 is 28.7 Å². The van der Waals surface area contributed by atoms with Gasteiger partial charge in [0.2, 0.25) is 0 Å². The van der Waals surface area contributed by atoms with Crippen LogP contribution in [-0.2, 0) is 4.74 Å². The molecule has 3 aliphatic heterocycles. The number of ether oxygens (including phenoxy) is 1. The number of allylic oxidation sites excluding steroid dienone is 6. The third-order valence-electron chi connectivity index (χ3n) is 8.35. The summed E-state index contributed by atoms with van der Waals surface area (Å²) in [5.74, 6) is 0.620. The average Bonchev–Trinajstić information content (AvgIpc) is 3.64. The summed E-state index contributed by atoms with van der Waals surface area (Å²) in [6.07, 6.45) is 14.0. The minimum absolute atomic E-state index is 0.0379. The van der Waals surface area contributed by atoms with Gasteiger partial charge in [-0.25, -0.2) is 0 Å². The topological polar surface area (TPSA) is 39.8 Å². The minimum atomic E-state index is 0.0379. The molecule has 38 heavy (non-hydrogen) atoms. The van der Waals surface area contributed by atoms with Crippen molar-refractivity contribution in [1.82, 2.24) is 10.2 Å². The molecule has 204 valence electrons. The quantitative estimate of drug-likeness (QED) is 0.277. The second-order valence-corrected chi connectivity index (χ2v) is 12.2. The third kappa shape index (κ3) is 6.22. The smallest absolute Gasteiger partial charge is 0.0627 e. The first-order valence-electron chi connectivity index (χ1n) is 14.1. The highest BCUT2D eigenvalue weighted by Crippen LogP contribution is 2.43. The van der Waals surface area contributed by atoms with Crippen molar-refractivity contribution < 1.29 is 4.74 Å².